The molecular weight excluding hydrogens is 390 g/mol. The minimum Gasteiger partial charge on any atom is -0.496 e. The summed E-state index contributed by atoms with van der Waals surface area (Å²) in [7, 11) is 0. The lowest BCUT2D eigenvalue weighted by Crippen LogP contribution is -2.16. The third kappa shape index (κ3) is 5.82. The van der Waals surface area contributed by atoms with Crippen LogP contribution >= 0.6 is 0 Å². The van der Waals surface area contributed by atoms with Gasteiger partial charge in [-0.25, -0.2) is 4.98 Å². The summed E-state index contributed by atoms with van der Waals surface area (Å²) in [4.78, 5) is 7.92. The summed E-state index contributed by atoms with van der Waals surface area (Å²) in [5.74, 6) is 0.586. The van der Waals surface area contributed by atoms with Crippen molar-refractivity contribution in [2.75, 3.05) is 19.8 Å². The van der Waals surface area contributed by atoms with Crippen LogP contribution in [0.1, 0.15) is 31.5 Å². The maximum Gasteiger partial charge on any atom is 0.138 e. The Morgan fingerprint density at radius 2 is 2.10 bits per heavy atom. The van der Waals surface area contributed by atoms with Gasteiger partial charge in [0.15, 0.2) is 0 Å². The number of ether oxygens (including phenoxy) is 1. The van der Waals surface area contributed by atoms with E-state index >= 15 is 0 Å². The Kier molecular flexibility index (Phi) is 8.41. The monoisotopic (exact) mass is 421 g/mol. The van der Waals surface area contributed by atoms with E-state index in [0.717, 1.165) is 52.0 Å². The summed E-state index contributed by atoms with van der Waals surface area (Å²) in [6, 6.07) is 12.0. The second kappa shape index (κ2) is 11.5. The van der Waals surface area contributed by atoms with Crippen LogP contribution in [0.4, 0.5) is 0 Å². The van der Waals surface area contributed by atoms with Crippen molar-refractivity contribution in [1.82, 2.24) is 15.3 Å². The summed E-state index contributed by atoms with van der Waals surface area (Å²) in [6.45, 7) is 5.78. The van der Waals surface area contributed by atoms with Gasteiger partial charge in [-0.05, 0) is 67.8 Å². The maximum absolute atomic E-state index is 9.54. The van der Waals surface area contributed by atoms with Crippen molar-refractivity contribution in [2.24, 2.45) is 0 Å². The van der Waals surface area contributed by atoms with Gasteiger partial charge in [0.1, 0.15) is 18.0 Å². The van der Waals surface area contributed by atoms with E-state index < -0.39 is 0 Å². The molecule has 0 atom stereocenters. The van der Waals surface area contributed by atoms with Crippen LogP contribution in [-0.2, 0) is 17.9 Å². The molecule has 1 aromatic carbocycles. The number of aliphatic hydroxyl groups is 2. The van der Waals surface area contributed by atoms with Gasteiger partial charge in [0, 0.05) is 29.4 Å². The number of H-pyrrole nitrogens is 1. The lowest BCUT2D eigenvalue weighted by molar-refractivity contribution is 0.171. The quantitative estimate of drug-likeness (QED) is 0.213. The van der Waals surface area contributed by atoms with Gasteiger partial charge >= 0.3 is 0 Å². The molecule has 0 aliphatic carbocycles. The van der Waals surface area contributed by atoms with Gasteiger partial charge < -0.3 is 25.3 Å². The molecule has 0 radical (unpaired) electrons. The Bertz CT molecular complexity index is 1050. The Morgan fingerprint density at radius 1 is 1.23 bits per heavy atom. The Hall–Kier alpha value is -2.93. The van der Waals surface area contributed by atoms with E-state index in [0.29, 0.717) is 18.9 Å². The minimum absolute atomic E-state index is 0.0131. The van der Waals surface area contributed by atoms with E-state index in [1.54, 1.807) is 6.20 Å². The smallest absolute Gasteiger partial charge is 0.138 e. The molecule has 0 aliphatic rings. The van der Waals surface area contributed by atoms with Gasteiger partial charge in [-0.3, -0.25) is 0 Å². The molecule has 0 saturated heterocycles. The van der Waals surface area contributed by atoms with Crippen molar-refractivity contribution in [1.29, 1.82) is 0 Å². The summed E-state index contributed by atoms with van der Waals surface area (Å²) in [6.07, 6.45) is 6.55. The molecule has 6 nitrogen and oxygen atoms in total. The van der Waals surface area contributed by atoms with Gasteiger partial charge in [0.05, 0.1) is 13.2 Å². The summed E-state index contributed by atoms with van der Waals surface area (Å²) in [5, 5.41) is 23.5. The molecule has 0 amide bonds. The van der Waals surface area contributed by atoms with E-state index in [2.05, 4.69) is 27.4 Å². The number of nitrogens with one attached hydrogen (secondary N) is 2. The van der Waals surface area contributed by atoms with Crippen molar-refractivity contribution in [3.63, 3.8) is 0 Å². The second-order valence-electron chi connectivity index (χ2n) is 7.23. The van der Waals surface area contributed by atoms with Gasteiger partial charge in [-0.15, -0.1) is 0 Å². The molecule has 0 fully saturated rings. The van der Waals surface area contributed by atoms with E-state index in [1.807, 2.05) is 50.3 Å². The van der Waals surface area contributed by atoms with Crippen molar-refractivity contribution in [3.8, 4) is 11.1 Å². The van der Waals surface area contributed by atoms with Crippen LogP contribution in [0, 0.1) is 0 Å². The number of aromatic amines is 1. The number of rotatable bonds is 11. The zero-order valence-corrected chi connectivity index (χ0v) is 18.2. The summed E-state index contributed by atoms with van der Waals surface area (Å²) < 4.78 is 5.44. The number of pyridine rings is 1. The highest BCUT2D eigenvalue weighted by molar-refractivity contribution is 5.95. The van der Waals surface area contributed by atoms with E-state index in [9.17, 15) is 10.2 Å². The summed E-state index contributed by atoms with van der Waals surface area (Å²) >= 11 is 0. The molecule has 3 aromatic rings. The largest absolute Gasteiger partial charge is 0.496 e. The topological polar surface area (TPSA) is 90.4 Å². The molecule has 4 N–H and O–H groups in total. The predicted molar refractivity (Wildman–Crippen MR) is 124 cm³/mol. The van der Waals surface area contributed by atoms with E-state index in [1.165, 1.54) is 0 Å². The zero-order chi connectivity index (χ0) is 22.1. The SMILES string of the molecule is C/C=C(\C=C(/CO)OCC)CCNCc1[nH]c2ncccc2c1-c1cccc(CO)c1. The van der Waals surface area contributed by atoms with Crippen LogP contribution in [-0.4, -0.2) is 39.9 Å². The fourth-order valence-corrected chi connectivity index (χ4v) is 3.63. The molecule has 3 rings (SSSR count). The Balaban J connectivity index is 1.75. The van der Waals surface area contributed by atoms with Crippen LogP contribution in [0.5, 0.6) is 0 Å². The van der Waals surface area contributed by atoms with Gasteiger partial charge in [-0.1, -0.05) is 24.3 Å². The third-order valence-corrected chi connectivity index (χ3v) is 5.14. The fourth-order valence-electron chi connectivity index (χ4n) is 3.63. The maximum atomic E-state index is 9.54. The molecular formula is C25H31N3O3. The lowest BCUT2D eigenvalue weighted by atomic mass is 10.0. The number of aliphatic hydroxyl groups excluding tert-OH is 2. The van der Waals surface area contributed by atoms with Gasteiger partial charge in [0.25, 0.3) is 0 Å². The average molecular weight is 422 g/mol. The third-order valence-electron chi connectivity index (χ3n) is 5.14. The molecule has 31 heavy (non-hydrogen) atoms. The average Bonchev–Trinajstić information content (AvgIpc) is 3.18. The molecule has 0 bridgehead atoms. The normalized spacial score (nSPS) is 12.5. The van der Waals surface area contributed by atoms with Crippen molar-refractivity contribution >= 4 is 11.0 Å². The molecule has 0 aliphatic heterocycles. The lowest BCUT2D eigenvalue weighted by Gasteiger charge is -2.10. The molecule has 6 heteroatoms. The first kappa shape index (κ1) is 22.7. The molecule has 0 unspecified atom stereocenters. The van der Waals surface area contributed by atoms with Crippen molar-refractivity contribution < 1.29 is 14.9 Å². The first-order chi connectivity index (χ1) is 15.2. The van der Waals surface area contributed by atoms with Crippen LogP contribution < -0.4 is 5.32 Å². The van der Waals surface area contributed by atoms with Crippen LogP contribution in [0.3, 0.4) is 0 Å². The fraction of sp³-hybridized carbons (Fsp3) is 0.320. The van der Waals surface area contributed by atoms with Crippen LogP contribution in [0.25, 0.3) is 22.2 Å². The second-order valence-corrected chi connectivity index (χ2v) is 7.23. The highest BCUT2D eigenvalue weighted by Crippen LogP contribution is 2.32. The Morgan fingerprint density at radius 3 is 2.84 bits per heavy atom. The first-order valence-electron chi connectivity index (χ1n) is 10.7. The molecule has 0 saturated carbocycles. The molecule has 2 heterocycles. The van der Waals surface area contributed by atoms with E-state index in [4.69, 9.17) is 4.74 Å². The van der Waals surface area contributed by atoms with Crippen molar-refractivity contribution in [3.05, 3.63) is 77.3 Å². The van der Waals surface area contributed by atoms with Crippen LogP contribution in [0.2, 0.25) is 0 Å². The molecule has 0 spiro atoms. The van der Waals surface area contributed by atoms with Crippen molar-refractivity contribution in [2.45, 2.75) is 33.4 Å². The minimum atomic E-state index is -0.100. The number of allylic oxidation sites excluding steroid dienone is 2. The highest BCUT2D eigenvalue weighted by Gasteiger charge is 2.14. The molecule has 164 valence electrons. The van der Waals surface area contributed by atoms with E-state index in [-0.39, 0.29) is 13.2 Å². The number of nitrogens with zero attached hydrogens (tertiary/aromatic N) is 1. The number of fused-ring (bicyclic) bond motifs is 1. The first-order valence-corrected chi connectivity index (χ1v) is 10.7. The summed E-state index contributed by atoms with van der Waals surface area (Å²) in [5.41, 5.74) is 6.07. The number of benzene rings is 1. The molecule has 2 aromatic heterocycles. The number of hydrogen-bond donors (Lipinski definition) is 4. The van der Waals surface area contributed by atoms with Crippen LogP contribution in [0.15, 0.2) is 66.1 Å². The number of hydrogen-bond acceptors (Lipinski definition) is 5. The Labute approximate surface area is 183 Å². The highest BCUT2D eigenvalue weighted by atomic mass is 16.5. The van der Waals surface area contributed by atoms with Gasteiger partial charge in [0.2, 0.25) is 0 Å². The van der Waals surface area contributed by atoms with Gasteiger partial charge in [-0.2, -0.15) is 0 Å². The standard InChI is InChI=1S/C25H31N3O3/c1-3-18(14-21(17-30)31-4-2)10-12-26-15-23-24(20-8-5-7-19(13-20)16-29)22-9-6-11-27-25(22)28-23/h3,5-9,11,13-14,26,29-30H,4,10,12,15-17H2,1-2H3,(H,27,28)/b18-3-,21-14+. The predicted octanol–water partition coefficient (Wildman–Crippen LogP) is 4.06. The zero-order valence-electron chi connectivity index (χ0n) is 18.2. The number of aromatic nitrogens is 2.